The number of imide groups is 2. The van der Waals surface area contributed by atoms with Gasteiger partial charge in [-0.2, -0.15) is 13.2 Å². The van der Waals surface area contributed by atoms with E-state index >= 15 is 0 Å². The van der Waals surface area contributed by atoms with Gasteiger partial charge in [0, 0.05) is 55.0 Å². The molecule has 1 unspecified atom stereocenters. The summed E-state index contributed by atoms with van der Waals surface area (Å²) in [5, 5.41) is 20.3. The number of aliphatic hydroxyl groups is 1. The Hall–Kier alpha value is -5.26. The van der Waals surface area contributed by atoms with Gasteiger partial charge in [-0.1, -0.05) is 12.1 Å². The molecule has 3 aliphatic heterocycles. The van der Waals surface area contributed by atoms with Crippen molar-refractivity contribution in [2.45, 2.75) is 108 Å². The second kappa shape index (κ2) is 16.1. The number of anilines is 2. The van der Waals surface area contributed by atoms with Crippen LogP contribution in [-0.2, 0) is 21.4 Å². The minimum Gasteiger partial charge on any atom is -0.386 e. The Morgan fingerprint density at radius 3 is 2.40 bits per heavy atom. The molecule has 63 heavy (non-hydrogen) atoms. The number of rotatable bonds is 11. The van der Waals surface area contributed by atoms with Crippen molar-refractivity contribution in [2.24, 2.45) is 17.3 Å². The molecule has 4 N–H and O–H groups in total. The fraction of sp³-hybridized carbons (Fsp3) is 0.500. The van der Waals surface area contributed by atoms with Gasteiger partial charge in [0.05, 0.1) is 32.0 Å². The van der Waals surface area contributed by atoms with Crippen LogP contribution in [0, 0.1) is 17.3 Å². The fourth-order valence-electron chi connectivity index (χ4n) is 10.6. The van der Waals surface area contributed by atoms with Crippen LogP contribution < -0.4 is 16.0 Å². The highest BCUT2D eigenvalue weighted by Gasteiger charge is 2.53. The molecule has 5 amide bonds. The average Bonchev–Trinajstić information content (AvgIpc) is 3.74. The van der Waals surface area contributed by atoms with Gasteiger partial charge in [0.15, 0.2) is 0 Å². The van der Waals surface area contributed by atoms with Crippen molar-refractivity contribution in [1.82, 2.24) is 25.1 Å². The number of fused-ring (bicyclic) bond motifs is 2. The van der Waals surface area contributed by atoms with Crippen LogP contribution in [0.3, 0.4) is 0 Å². The van der Waals surface area contributed by atoms with Crippen LogP contribution >= 0.6 is 11.3 Å². The Labute approximate surface area is 366 Å². The predicted molar refractivity (Wildman–Crippen MR) is 229 cm³/mol. The number of likely N-dealkylation sites (tertiary alicyclic amines) is 1. The number of pyridine rings is 1. The van der Waals surface area contributed by atoms with Crippen molar-refractivity contribution in [2.75, 3.05) is 30.3 Å². The zero-order valence-corrected chi connectivity index (χ0v) is 36.1. The fourth-order valence-corrected chi connectivity index (χ4v) is 11.8. The molecular formula is C46H50F3N7O6S. The van der Waals surface area contributed by atoms with Crippen LogP contribution in [0.5, 0.6) is 0 Å². The number of carbonyl (C=O) groups excluding carboxylic acids is 5. The molecule has 1 spiro atoms. The van der Waals surface area contributed by atoms with Gasteiger partial charge in [0.2, 0.25) is 11.8 Å². The number of amides is 5. The zero-order chi connectivity index (χ0) is 44.6. The van der Waals surface area contributed by atoms with Crippen molar-refractivity contribution in [3.63, 3.8) is 0 Å². The Bertz CT molecular complexity index is 2510. The van der Waals surface area contributed by atoms with Gasteiger partial charge in [0.25, 0.3) is 17.7 Å². The van der Waals surface area contributed by atoms with Gasteiger partial charge >= 0.3 is 6.18 Å². The summed E-state index contributed by atoms with van der Waals surface area (Å²) in [7, 11) is 0. The van der Waals surface area contributed by atoms with Gasteiger partial charge in [-0.25, -0.2) is 9.97 Å². The molecular weight excluding hydrogens is 836 g/mol. The third-order valence-corrected chi connectivity index (χ3v) is 15.1. The molecule has 2 aromatic carbocycles. The van der Waals surface area contributed by atoms with E-state index in [0.29, 0.717) is 52.3 Å². The van der Waals surface area contributed by atoms with E-state index in [1.54, 1.807) is 55.5 Å². The lowest BCUT2D eigenvalue weighted by Crippen LogP contribution is -2.65. The Kier molecular flexibility index (Phi) is 11.0. The van der Waals surface area contributed by atoms with Crippen LogP contribution in [0.15, 0.2) is 48.5 Å². The molecule has 2 aromatic heterocycles. The van der Waals surface area contributed by atoms with Crippen molar-refractivity contribution < 1.29 is 42.3 Å². The van der Waals surface area contributed by atoms with Gasteiger partial charge in [0.1, 0.15) is 17.4 Å². The Balaban J connectivity index is 0.749. The third kappa shape index (κ3) is 8.23. The number of hydrogen-bond acceptors (Lipinski definition) is 11. The number of nitrogens with zero attached hydrogens (tertiary/aromatic N) is 4. The maximum atomic E-state index is 13.5. The number of benzene rings is 2. The summed E-state index contributed by atoms with van der Waals surface area (Å²) in [4.78, 5) is 76.0. The van der Waals surface area contributed by atoms with Gasteiger partial charge in [-0.15, -0.1) is 11.3 Å². The maximum absolute atomic E-state index is 13.5. The van der Waals surface area contributed by atoms with E-state index < -0.39 is 53.0 Å². The molecule has 4 fully saturated rings. The van der Waals surface area contributed by atoms with Gasteiger partial charge < -0.3 is 15.7 Å². The molecule has 13 nitrogen and oxygen atoms in total. The summed E-state index contributed by atoms with van der Waals surface area (Å²) < 4.78 is 40.7. The van der Waals surface area contributed by atoms with E-state index in [1.165, 1.54) is 18.9 Å². The van der Waals surface area contributed by atoms with E-state index in [0.717, 1.165) is 71.9 Å². The van der Waals surface area contributed by atoms with Crippen LogP contribution in [-0.4, -0.2) is 86.1 Å². The molecule has 2 aliphatic carbocycles. The highest BCUT2D eigenvalue weighted by Crippen LogP contribution is 2.54. The van der Waals surface area contributed by atoms with E-state index in [4.69, 9.17) is 4.98 Å². The second-order valence-corrected chi connectivity index (χ2v) is 19.8. The van der Waals surface area contributed by atoms with Crippen LogP contribution in [0.4, 0.5) is 24.5 Å². The Morgan fingerprint density at radius 2 is 1.70 bits per heavy atom. The van der Waals surface area contributed by atoms with Crippen LogP contribution in [0.1, 0.15) is 132 Å². The lowest BCUT2D eigenvalue weighted by molar-refractivity contribution is -0.141. The first-order chi connectivity index (χ1) is 29.9. The molecule has 5 aliphatic rings. The molecule has 2 saturated heterocycles. The molecule has 4 aromatic rings. The third-order valence-electron chi connectivity index (χ3n) is 14.0. The Morgan fingerprint density at radius 1 is 0.968 bits per heavy atom. The number of hydrogen-bond donors (Lipinski definition) is 4. The second-order valence-electron chi connectivity index (χ2n) is 18.8. The SMILES string of the molecule is C[C@@H]([C@H]1CC[C@@H](c2nc3cc(C(C)(C)O)c(NC(=O)c4cccc(C(F)(F)F)n4)cc3s2)CC1)N1CC2(CC(CCNc3cccc4c3C(=O)N(C3CCC(=O)NC3=O)C4=O)C2)C1. The molecule has 0 bridgehead atoms. The van der Waals surface area contributed by atoms with E-state index in [9.17, 15) is 42.3 Å². The molecule has 332 valence electrons. The topological polar surface area (TPSA) is 174 Å². The van der Waals surface area contributed by atoms with Crippen LogP contribution in [0.2, 0.25) is 0 Å². The summed E-state index contributed by atoms with van der Waals surface area (Å²) in [5.74, 6) is -1.42. The largest absolute Gasteiger partial charge is 0.433 e. The van der Waals surface area contributed by atoms with Crippen molar-refractivity contribution >= 4 is 62.5 Å². The lowest BCUT2D eigenvalue weighted by Gasteiger charge is -2.62. The quantitative estimate of drug-likeness (QED) is 0.111. The monoisotopic (exact) mass is 885 g/mol. The smallest absolute Gasteiger partial charge is 0.386 e. The molecule has 5 heterocycles. The first-order valence-corrected chi connectivity index (χ1v) is 22.5. The van der Waals surface area contributed by atoms with Crippen molar-refractivity contribution in [1.29, 1.82) is 0 Å². The number of carbonyl (C=O) groups is 5. The highest BCUT2D eigenvalue weighted by atomic mass is 32.1. The molecule has 2 saturated carbocycles. The highest BCUT2D eigenvalue weighted by molar-refractivity contribution is 7.18. The summed E-state index contributed by atoms with van der Waals surface area (Å²) in [6, 6.07) is 11.3. The summed E-state index contributed by atoms with van der Waals surface area (Å²) in [6.07, 6.45) is 2.96. The van der Waals surface area contributed by atoms with E-state index in [1.807, 2.05) is 0 Å². The number of alkyl halides is 3. The number of halogens is 3. The maximum Gasteiger partial charge on any atom is 0.433 e. The molecule has 2 atom stereocenters. The molecule has 9 rings (SSSR count). The average molecular weight is 886 g/mol. The molecule has 0 radical (unpaired) electrons. The summed E-state index contributed by atoms with van der Waals surface area (Å²) in [5.41, 5.74) is -0.0121. The van der Waals surface area contributed by atoms with Gasteiger partial charge in [-0.05, 0) is 126 Å². The zero-order valence-electron chi connectivity index (χ0n) is 35.3. The van der Waals surface area contributed by atoms with Gasteiger partial charge in [-0.3, -0.25) is 39.1 Å². The minimum absolute atomic E-state index is 0.0749. The predicted octanol–water partition coefficient (Wildman–Crippen LogP) is 7.47. The number of thiazole rings is 1. The van der Waals surface area contributed by atoms with E-state index in [-0.39, 0.29) is 35.6 Å². The minimum atomic E-state index is -4.69. The number of nitrogens with one attached hydrogen (secondary N) is 3. The number of piperidine rings is 1. The molecule has 17 heteroatoms. The summed E-state index contributed by atoms with van der Waals surface area (Å²) >= 11 is 1.55. The van der Waals surface area contributed by atoms with Crippen molar-refractivity contribution in [3.05, 3.63) is 81.6 Å². The first kappa shape index (κ1) is 43.0. The van der Waals surface area contributed by atoms with Crippen LogP contribution in [0.25, 0.3) is 10.2 Å². The standard InChI is InChI=1S/C46H50F3N7O6S/c1-24(55-22-45(23-55)20-25(21-45)16-17-50-30-7-4-6-28-38(30)43(61)56(42(28)60)34-14-15-37(57)54-40(34)59)26-10-12-27(13-11-26)41-53-33-18-29(44(2,3)62)32(19-35(33)63-41)52-39(58)31-8-5-9-36(51-31)46(47,48)49/h4-9,18-19,24-27,34,50,62H,10-17,20-23H2,1-3H3,(H,52,58)(H,54,57,59)/t24-,26-,27+,34?/m0/s1. The lowest BCUT2D eigenvalue weighted by atomic mass is 9.56. The normalized spacial score (nSPS) is 23.3. The van der Waals surface area contributed by atoms with E-state index in [2.05, 4.69) is 32.8 Å². The summed E-state index contributed by atoms with van der Waals surface area (Å²) in [6.45, 7) is 8.38. The first-order valence-electron chi connectivity index (χ1n) is 21.7. The number of aromatic nitrogens is 2. The van der Waals surface area contributed by atoms with Crippen molar-refractivity contribution in [3.8, 4) is 0 Å².